The zero-order valence-electron chi connectivity index (χ0n) is 11.2. The number of rotatable bonds is 4. The fraction of sp³-hybridized carbons (Fsp3) is 0.133. The lowest BCUT2D eigenvalue weighted by Gasteiger charge is -2.08. The Morgan fingerprint density at radius 2 is 2.05 bits per heavy atom. The average Bonchev–Trinajstić information content (AvgIpc) is 2.43. The predicted octanol–water partition coefficient (Wildman–Crippen LogP) is 3.43. The molecule has 0 radical (unpaired) electrons. The van der Waals surface area contributed by atoms with Crippen LogP contribution >= 0.6 is 11.6 Å². The van der Waals surface area contributed by atoms with E-state index in [0.717, 1.165) is 0 Å². The smallest absolute Gasteiger partial charge is 0.338 e. The summed E-state index contributed by atoms with van der Waals surface area (Å²) in [7, 11) is 1.38. The molecule has 0 amide bonds. The van der Waals surface area contributed by atoms with Gasteiger partial charge in [-0.1, -0.05) is 17.7 Å². The molecular formula is C15H13ClFNO3. The van der Waals surface area contributed by atoms with E-state index in [9.17, 15) is 9.18 Å². The number of hydrogen-bond acceptors (Lipinski definition) is 4. The van der Waals surface area contributed by atoms with Gasteiger partial charge >= 0.3 is 5.97 Å². The minimum Gasteiger partial charge on any atom is -0.494 e. The van der Waals surface area contributed by atoms with E-state index in [2.05, 4.69) is 0 Å². The number of carbonyl (C=O) groups is 1. The summed E-state index contributed by atoms with van der Waals surface area (Å²) in [5.41, 5.74) is 6.72. The standard InChI is InChI=1S/C15H13ClFNO3/c1-20-14-3-2-9(4-13(14)17)8-21-15(19)10-5-11(16)7-12(18)6-10/h2-7H,8,18H2,1H3. The van der Waals surface area contributed by atoms with Gasteiger partial charge in [-0.25, -0.2) is 9.18 Å². The highest BCUT2D eigenvalue weighted by Gasteiger charge is 2.10. The van der Waals surface area contributed by atoms with Crippen molar-refractivity contribution < 1.29 is 18.7 Å². The summed E-state index contributed by atoms with van der Waals surface area (Å²) < 4.78 is 23.4. The fourth-order valence-electron chi connectivity index (χ4n) is 1.76. The maximum absolute atomic E-state index is 13.5. The molecule has 4 nitrogen and oxygen atoms in total. The number of halogens is 2. The summed E-state index contributed by atoms with van der Waals surface area (Å²) in [6, 6.07) is 8.77. The Kier molecular flexibility index (Phi) is 4.65. The van der Waals surface area contributed by atoms with Crippen molar-refractivity contribution in [3.8, 4) is 5.75 Å². The van der Waals surface area contributed by atoms with Crippen LogP contribution in [0.3, 0.4) is 0 Å². The predicted molar refractivity (Wildman–Crippen MR) is 77.9 cm³/mol. The molecule has 0 heterocycles. The third-order valence-corrected chi connectivity index (χ3v) is 2.96. The second kappa shape index (κ2) is 6.45. The second-order valence-electron chi connectivity index (χ2n) is 4.32. The number of carbonyl (C=O) groups excluding carboxylic acids is 1. The van der Waals surface area contributed by atoms with Crippen LogP contribution in [0.25, 0.3) is 0 Å². The summed E-state index contributed by atoms with van der Waals surface area (Å²) in [4.78, 5) is 11.9. The van der Waals surface area contributed by atoms with Crippen LogP contribution in [0.2, 0.25) is 5.02 Å². The molecule has 2 aromatic rings. The molecule has 0 bridgehead atoms. The number of esters is 1. The molecule has 2 N–H and O–H groups in total. The summed E-state index contributed by atoms with van der Waals surface area (Å²) in [5.74, 6) is -0.967. The van der Waals surface area contributed by atoms with Gasteiger partial charge < -0.3 is 15.2 Å². The molecule has 0 unspecified atom stereocenters. The monoisotopic (exact) mass is 309 g/mol. The van der Waals surface area contributed by atoms with E-state index in [4.69, 9.17) is 26.8 Å². The molecule has 2 rings (SSSR count). The van der Waals surface area contributed by atoms with Crippen molar-refractivity contribution in [2.24, 2.45) is 0 Å². The van der Waals surface area contributed by atoms with Crippen LogP contribution in [0.5, 0.6) is 5.75 Å². The molecule has 0 aliphatic carbocycles. The summed E-state index contributed by atoms with van der Waals surface area (Å²) >= 11 is 5.81. The van der Waals surface area contributed by atoms with E-state index in [1.807, 2.05) is 0 Å². The minimum atomic E-state index is -0.583. The molecule has 0 saturated carbocycles. The molecule has 21 heavy (non-hydrogen) atoms. The summed E-state index contributed by atoms with van der Waals surface area (Å²) in [5, 5.41) is 0.345. The van der Waals surface area contributed by atoms with Gasteiger partial charge in [0.1, 0.15) is 6.61 Å². The Morgan fingerprint density at radius 3 is 2.67 bits per heavy atom. The number of benzene rings is 2. The quantitative estimate of drug-likeness (QED) is 0.694. The number of nitrogen functional groups attached to an aromatic ring is 1. The van der Waals surface area contributed by atoms with Gasteiger partial charge in [0.05, 0.1) is 12.7 Å². The molecule has 0 spiro atoms. The third kappa shape index (κ3) is 3.86. The summed E-state index contributed by atoms with van der Waals surface area (Å²) in [6.45, 7) is -0.0633. The van der Waals surface area contributed by atoms with Crippen molar-refractivity contribution in [2.75, 3.05) is 12.8 Å². The van der Waals surface area contributed by atoms with E-state index < -0.39 is 11.8 Å². The lowest BCUT2D eigenvalue weighted by Crippen LogP contribution is -2.06. The second-order valence-corrected chi connectivity index (χ2v) is 4.75. The third-order valence-electron chi connectivity index (χ3n) is 2.74. The Labute approximate surface area is 126 Å². The number of ether oxygens (including phenoxy) is 2. The maximum Gasteiger partial charge on any atom is 0.338 e. The van der Waals surface area contributed by atoms with Crippen molar-refractivity contribution >= 4 is 23.3 Å². The Balaban J connectivity index is 2.05. The van der Waals surface area contributed by atoms with Crippen LogP contribution < -0.4 is 10.5 Å². The molecule has 110 valence electrons. The van der Waals surface area contributed by atoms with Crippen molar-refractivity contribution in [2.45, 2.75) is 6.61 Å². The summed E-state index contributed by atoms with van der Waals surface area (Å²) in [6.07, 6.45) is 0. The number of anilines is 1. The van der Waals surface area contributed by atoms with E-state index in [1.165, 1.54) is 37.4 Å². The molecule has 2 aromatic carbocycles. The van der Waals surface area contributed by atoms with Crippen LogP contribution in [-0.2, 0) is 11.3 Å². The van der Waals surface area contributed by atoms with Gasteiger partial charge in [0, 0.05) is 10.7 Å². The number of hydrogen-bond donors (Lipinski definition) is 1. The highest BCUT2D eigenvalue weighted by molar-refractivity contribution is 6.31. The van der Waals surface area contributed by atoms with Crippen molar-refractivity contribution in [1.29, 1.82) is 0 Å². The zero-order chi connectivity index (χ0) is 15.4. The first-order valence-electron chi connectivity index (χ1n) is 6.05. The first-order chi connectivity index (χ1) is 9.99. The van der Waals surface area contributed by atoms with Crippen molar-refractivity contribution in [3.05, 3.63) is 58.4 Å². The van der Waals surface area contributed by atoms with Gasteiger partial charge in [-0.05, 0) is 35.9 Å². The van der Waals surface area contributed by atoms with Gasteiger partial charge in [-0.3, -0.25) is 0 Å². The fourth-order valence-corrected chi connectivity index (χ4v) is 2.01. The first kappa shape index (κ1) is 15.1. The Morgan fingerprint density at radius 1 is 1.29 bits per heavy atom. The largest absolute Gasteiger partial charge is 0.494 e. The van der Waals surface area contributed by atoms with Crippen LogP contribution in [0.1, 0.15) is 15.9 Å². The molecule has 0 aliphatic heterocycles. The molecule has 0 aliphatic rings. The van der Waals surface area contributed by atoms with Crippen molar-refractivity contribution in [1.82, 2.24) is 0 Å². The topological polar surface area (TPSA) is 61.5 Å². The number of nitrogens with two attached hydrogens (primary N) is 1. The van der Waals surface area contributed by atoms with Crippen LogP contribution in [-0.4, -0.2) is 13.1 Å². The van der Waals surface area contributed by atoms with Gasteiger partial charge in [-0.2, -0.15) is 0 Å². The minimum absolute atomic E-state index is 0.0633. The van der Waals surface area contributed by atoms with Gasteiger partial charge in [0.25, 0.3) is 0 Å². The normalized spacial score (nSPS) is 10.2. The molecule has 0 atom stereocenters. The van der Waals surface area contributed by atoms with Gasteiger partial charge in [0.15, 0.2) is 11.6 Å². The van der Waals surface area contributed by atoms with E-state index in [1.54, 1.807) is 6.07 Å². The Hall–Kier alpha value is -2.27. The van der Waals surface area contributed by atoms with E-state index in [0.29, 0.717) is 16.3 Å². The lowest BCUT2D eigenvalue weighted by molar-refractivity contribution is 0.0472. The zero-order valence-corrected chi connectivity index (χ0v) is 12.0. The van der Waals surface area contributed by atoms with Crippen LogP contribution in [0.15, 0.2) is 36.4 Å². The highest BCUT2D eigenvalue weighted by atomic mass is 35.5. The highest BCUT2D eigenvalue weighted by Crippen LogP contribution is 2.20. The molecular weight excluding hydrogens is 297 g/mol. The molecule has 0 aromatic heterocycles. The maximum atomic E-state index is 13.5. The van der Waals surface area contributed by atoms with Gasteiger partial charge in [-0.15, -0.1) is 0 Å². The Bertz CT molecular complexity index is 656. The van der Waals surface area contributed by atoms with Crippen molar-refractivity contribution in [3.63, 3.8) is 0 Å². The average molecular weight is 310 g/mol. The van der Waals surface area contributed by atoms with Crippen LogP contribution in [0.4, 0.5) is 10.1 Å². The van der Waals surface area contributed by atoms with E-state index in [-0.39, 0.29) is 17.9 Å². The van der Waals surface area contributed by atoms with Gasteiger partial charge in [0.2, 0.25) is 0 Å². The molecule has 0 saturated heterocycles. The first-order valence-corrected chi connectivity index (χ1v) is 6.43. The molecule has 0 fully saturated rings. The SMILES string of the molecule is COc1ccc(COC(=O)c2cc(N)cc(Cl)c2)cc1F. The molecule has 6 heteroatoms. The van der Waals surface area contributed by atoms with Crippen LogP contribution in [0, 0.1) is 5.82 Å². The van der Waals surface area contributed by atoms with E-state index >= 15 is 0 Å². The lowest BCUT2D eigenvalue weighted by atomic mass is 10.2. The number of methoxy groups -OCH3 is 1.